The topological polar surface area (TPSA) is 90.3 Å². The maximum Gasteiger partial charge on any atom is 0.253 e. The molecule has 0 atom stereocenters. The van der Waals surface area contributed by atoms with Crippen LogP contribution in [-0.2, 0) is 10.0 Å². The number of sulfonamides is 1. The molecule has 7 heteroatoms. The molecule has 0 unspecified atom stereocenters. The van der Waals surface area contributed by atoms with Crippen LogP contribution >= 0.6 is 0 Å². The first-order valence-corrected chi connectivity index (χ1v) is 11.0. The van der Waals surface area contributed by atoms with Crippen LogP contribution in [0.4, 0.5) is 5.69 Å². The molecule has 1 aliphatic heterocycles. The van der Waals surface area contributed by atoms with Gasteiger partial charge in [-0.1, -0.05) is 24.3 Å². The summed E-state index contributed by atoms with van der Waals surface area (Å²) in [6.45, 7) is 3.00. The zero-order chi connectivity index (χ0) is 20.3. The maximum atomic E-state index is 12.9. The molecule has 1 amide bonds. The number of hydrogen-bond donors (Lipinski definition) is 1. The van der Waals surface area contributed by atoms with Crippen LogP contribution in [0.25, 0.3) is 0 Å². The summed E-state index contributed by atoms with van der Waals surface area (Å²) >= 11 is 0. The molecule has 28 heavy (non-hydrogen) atoms. The standard InChI is InChI=1S/C21H23N3O3S/c1-15-7-8-17(13-20(15)23-28(2,26)27)21(25)24-11-9-16(10-12-24)19-6-4-3-5-18(19)14-22/h3-8,13,16,23H,9-12H2,1-2H3. The van der Waals surface area contributed by atoms with E-state index in [1.807, 2.05) is 24.3 Å². The van der Waals surface area contributed by atoms with Gasteiger partial charge in [0.1, 0.15) is 0 Å². The van der Waals surface area contributed by atoms with E-state index in [0.29, 0.717) is 29.9 Å². The summed E-state index contributed by atoms with van der Waals surface area (Å²) in [6.07, 6.45) is 2.68. The summed E-state index contributed by atoms with van der Waals surface area (Å²) in [4.78, 5) is 14.7. The van der Waals surface area contributed by atoms with Gasteiger partial charge in [-0.2, -0.15) is 5.26 Å². The molecule has 0 bridgehead atoms. The molecule has 3 rings (SSSR count). The number of hydrogen-bond acceptors (Lipinski definition) is 4. The van der Waals surface area contributed by atoms with E-state index in [-0.39, 0.29) is 11.8 Å². The number of likely N-dealkylation sites (tertiary alicyclic amines) is 1. The number of anilines is 1. The molecule has 0 aliphatic carbocycles. The highest BCUT2D eigenvalue weighted by atomic mass is 32.2. The lowest BCUT2D eigenvalue weighted by molar-refractivity contribution is 0.0713. The highest BCUT2D eigenvalue weighted by molar-refractivity contribution is 7.92. The quantitative estimate of drug-likeness (QED) is 0.857. The first-order chi connectivity index (χ1) is 13.3. The summed E-state index contributed by atoms with van der Waals surface area (Å²) in [6, 6.07) is 14.9. The van der Waals surface area contributed by atoms with Crippen molar-refractivity contribution in [3.8, 4) is 6.07 Å². The Morgan fingerprint density at radius 2 is 1.86 bits per heavy atom. The molecule has 6 nitrogen and oxygen atoms in total. The van der Waals surface area contributed by atoms with Crippen molar-refractivity contribution < 1.29 is 13.2 Å². The predicted octanol–water partition coefficient (Wildman–Crippen LogP) is 3.26. The van der Waals surface area contributed by atoms with E-state index in [0.717, 1.165) is 30.2 Å². The van der Waals surface area contributed by atoms with Gasteiger partial charge in [0.15, 0.2) is 0 Å². The summed E-state index contributed by atoms with van der Waals surface area (Å²) in [5.41, 5.74) is 3.39. The third-order valence-corrected chi connectivity index (χ3v) is 5.67. The van der Waals surface area contributed by atoms with Crippen molar-refractivity contribution in [3.05, 3.63) is 64.7 Å². The molecule has 0 radical (unpaired) electrons. The first-order valence-electron chi connectivity index (χ1n) is 9.15. The number of carbonyl (C=O) groups is 1. The van der Waals surface area contributed by atoms with Crippen LogP contribution < -0.4 is 4.72 Å². The molecule has 0 spiro atoms. The van der Waals surface area contributed by atoms with E-state index in [9.17, 15) is 18.5 Å². The van der Waals surface area contributed by atoms with Gasteiger partial charge < -0.3 is 4.90 Å². The highest BCUT2D eigenvalue weighted by Gasteiger charge is 2.26. The van der Waals surface area contributed by atoms with Crippen LogP contribution in [-0.4, -0.2) is 38.6 Å². The van der Waals surface area contributed by atoms with Crippen molar-refractivity contribution in [1.82, 2.24) is 4.90 Å². The van der Waals surface area contributed by atoms with Crippen LogP contribution in [0, 0.1) is 18.3 Å². The molecular weight excluding hydrogens is 374 g/mol. The molecule has 1 N–H and O–H groups in total. The molecule has 146 valence electrons. The summed E-state index contributed by atoms with van der Waals surface area (Å²) in [5.74, 6) is 0.156. The lowest BCUT2D eigenvalue weighted by Crippen LogP contribution is -2.38. The van der Waals surface area contributed by atoms with Crippen LogP contribution in [0.5, 0.6) is 0 Å². The molecule has 0 aromatic heterocycles. The molecule has 1 fully saturated rings. The average molecular weight is 398 g/mol. The fourth-order valence-electron chi connectivity index (χ4n) is 3.60. The SMILES string of the molecule is Cc1ccc(C(=O)N2CCC(c3ccccc3C#N)CC2)cc1NS(C)(=O)=O. The van der Waals surface area contributed by atoms with E-state index in [2.05, 4.69) is 10.8 Å². The van der Waals surface area contributed by atoms with Gasteiger partial charge in [-0.3, -0.25) is 9.52 Å². The molecule has 1 heterocycles. The number of aryl methyl sites for hydroxylation is 1. The van der Waals surface area contributed by atoms with Crippen molar-refractivity contribution in [3.63, 3.8) is 0 Å². The van der Waals surface area contributed by atoms with Gasteiger partial charge in [-0.25, -0.2) is 8.42 Å². The van der Waals surface area contributed by atoms with Crippen LogP contribution in [0.2, 0.25) is 0 Å². The molecule has 2 aromatic carbocycles. The Kier molecular flexibility index (Phi) is 5.71. The number of amides is 1. The fourth-order valence-corrected chi connectivity index (χ4v) is 4.22. The summed E-state index contributed by atoms with van der Waals surface area (Å²) in [5, 5.41) is 9.30. The minimum Gasteiger partial charge on any atom is -0.339 e. The van der Waals surface area contributed by atoms with Crippen LogP contribution in [0.15, 0.2) is 42.5 Å². The summed E-state index contributed by atoms with van der Waals surface area (Å²) in [7, 11) is -3.41. The van der Waals surface area contributed by atoms with E-state index >= 15 is 0 Å². The maximum absolute atomic E-state index is 12.9. The normalized spacial score (nSPS) is 15.1. The van der Waals surface area contributed by atoms with Crippen molar-refractivity contribution in [1.29, 1.82) is 5.26 Å². The van der Waals surface area contributed by atoms with Gasteiger partial charge in [-0.15, -0.1) is 0 Å². The van der Waals surface area contributed by atoms with Crippen LogP contribution in [0.3, 0.4) is 0 Å². The van der Waals surface area contributed by atoms with E-state index in [4.69, 9.17) is 0 Å². The molecule has 1 saturated heterocycles. The Morgan fingerprint density at radius 1 is 1.18 bits per heavy atom. The van der Waals surface area contributed by atoms with Crippen molar-refractivity contribution in [2.24, 2.45) is 0 Å². The predicted molar refractivity (Wildman–Crippen MR) is 109 cm³/mol. The number of rotatable bonds is 4. The van der Waals surface area contributed by atoms with E-state index in [1.54, 1.807) is 30.0 Å². The number of piperidine rings is 1. The minimum absolute atomic E-state index is 0.108. The van der Waals surface area contributed by atoms with Gasteiger partial charge >= 0.3 is 0 Å². The molecule has 0 saturated carbocycles. The summed E-state index contributed by atoms with van der Waals surface area (Å²) < 4.78 is 25.5. The molecule has 2 aromatic rings. The average Bonchev–Trinajstić information content (AvgIpc) is 2.68. The van der Waals surface area contributed by atoms with Crippen molar-refractivity contribution in [2.75, 3.05) is 24.1 Å². The number of benzene rings is 2. The number of nitrogens with zero attached hydrogens (tertiary/aromatic N) is 2. The lowest BCUT2D eigenvalue weighted by atomic mass is 9.86. The Bertz CT molecular complexity index is 1030. The van der Waals surface area contributed by atoms with Gasteiger partial charge in [0.05, 0.1) is 23.6 Å². The Balaban J connectivity index is 1.72. The Labute approximate surface area is 165 Å². The molecule has 1 aliphatic rings. The fraction of sp³-hybridized carbons (Fsp3) is 0.333. The molecular formula is C21H23N3O3S. The Hall–Kier alpha value is -2.85. The van der Waals surface area contributed by atoms with Gasteiger partial charge in [0.25, 0.3) is 5.91 Å². The number of carbonyl (C=O) groups excluding carboxylic acids is 1. The third-order valence-electron chi connectivity index (χ3n) is 5.08. The largest absolute Gasteiger partial charge is 0.339 e. The second kappa shape index (κ2) is 8.03. The monoisotopic (exact) mass is 397 g/mol. The van der Waals surface area contributed by atoms with Gasteiger partial charge in [0.2, 0.25) is 10.0 Å². The van der Waals surface area contributed by atoms with E-state index < -0.39 is 10.0 Å². The van der Waals surface area contributed by atoms with Crippen molar-refractivity contribution >= 4 is 21.6 Å². The zero-order valence-electron chi connectivity index (χ0n) is 16.0. The van der Waals surface area contributed by atoms with Crippen LogP contribution in [0.1, 0.15) is 45.8 Å². The number of nitrogens with one attached hydrogen (secondary N) is 1. The smallest absolute Gasteiger partial charge is 0.253 e. The highest BCUT2D eigenvalue weighted by Crippen LogP contribution is 2.31. The minimum atomic E-state index is -3.41. The number of nitriles is 1. The lowest BCUT2D eigenvalue weighted by Gasteiger charge is -2.32. The van der Waals surface area contributed by atoms with E-state index in [1.165, 1.54) is 0 Å². The second-order valence-corrected chi connectivity index (χ2v) is 8.92. The van der Waals surface area contributed by atoms with Gasteiger partial charge in [0, 0.05) is 18.7 Å². The second-order valence-electron chi connectivity index (χ2n) is 7.17. The van der Waals surface area contributed by atoms with Gasteiger partial charge in [-0.05, 0) is 55.0 Å². The Morgan fingerprint density at radius 3 is 2.50 bits per heavy atom. The zero-order valence-corrected chi connectivity index (χ0v) is 16.8. The third kappa shape index (κ3) is 4.52. The first kappa shape index (κ1) is 19.9. The van der Waals surface area contributed by atoms with Crippen molar-refractivity contribution in [2.45, 2.75) is 25.7 Å².